The van der Waals surface area contributed by atoms with Crippen LogP contribution in [-0.4, -0.2) is 41.4 Å². The zero-order valence-electron chi connectivity index (χ0n) is 20.7. The minimum Gasteiger partial charge on any atom is -0.508 e. The molecule has 1 fully saturated rings. The molecular weight excluding hydrogens is 450 g/mol. The summed E-state index contributed by atoms with van der Waals surface area (Å²) in [5.74, 6) is 2.85. The van der Waals surface area contributed by atoms with Crippen molar-refractivity contribution in [3.63, 3.8) is 0 Å². The first-order valence-electron chi connectivity index (χ1n) is 12.8. The Hall–Kier alpha value is -3.70. The minimum atomic E-state index is 0.215. The highest BCUT2D eigenvalue weighted by atomic mass is 16.5. The molecule has 2 heterocycles. The van der Waals surface area contributed by atoms with E-state index in [2.05, 4.69) is 24.0 Å². The van der Waals surface area contributed by atoms with Crippen LogP contribution in [0.5, 0.6) is 17.2 Å². The molecule has 0 atom stereocenters. The zero-order chi connectivity index (χ0) is 24.9. The summed E-state index contributed by atoms with van der Waals surface area (Å²) in [6.07, 6.45) is 4.69. The van der Waals surface area contributed by atoms with E-state index in [9.17, 15) is 10.2 Å². The monoisotopic (exact) mass is 483 g/mol. The molecule has 3 aromatic carbocycles. The molecule has 186 valence electrons. The summed E-state index contributed by atoms with van der Waals surface area (Å²) in [6.45, 7) is 6.12. The van der Waals surface area contributed by atoms with Crippen molar-refractivity contribution >= 4 is 0 Å². The molecule has 1 saturated heterocycles. The number of ether oxygens (including phenoxy) is 1. The maximum absolute atomic E-state index is 9.81. The fraction of sp³-hybridized carbons (Fsp3) is 0.290. The number of phenolic OH excluding ortho intramolecular Hbond substituents is 2. The third-order valence-corrected chi connectivity index (χ3v) is 6.89. The third-order valence-electron chi connectivity index (χ3n) is 6.89. The van der Waals surface area contributed by atoms with E-state index in [0.29, 0.717) is 6.61 Å². The van der Waals surface area contributed by atoms with Crippen LogP contribution in [-0.2, 0) is 6.42 Å². The lowest BCUT2D eigenvalue weighted by Crippen LogP contribution is -2.33. The fourth-order valence-corrected chi connectivity index (χ4v) is 4.96. The summed E-state index contributed by atoms with van der Waals surface area (Å²) in [6, 6.07) is 22.4. The van der Waals surface area contributed by atoms with Crippen LogP contribution in [0, 0.1) is 0 Å². The van der Waals surface area contributed by atoms with Crippen molar-refractivity contribution in [2.75, 3.05) is 26.2 Å². The maximum Gasteiger partial charge on any atom is 0.142 e. The van der Waals surface area contributed by atoms with Gasteiger partial charge in [0.2, 0.25) is 0 Å². The molecule has 4 aromatic rings. The number of rotatable bonds is 8. The second-order valence-corrected chi connectivity index (χ2v) is 9.34. The first-order chi connectivity index (χ1) is 17.6. The predicted molar refractivity (Wildman–Crippen MR) is 144 cm³/mol. The summed E-state index contributed by atoms with van der Waals surface area (Å²) in [5.41, 5.74) is 4.98. The van der Waals surface area contributed by atoms with E-state index in [1.807, 2.05) is 36.4 Å². The summed E-state index contributed by atoms with van der Waals surface area (Å²) in [7, 11) is 0. The molecular formula is C31H33NO4. The Labute approximate surface area is 212 Å². The van der Waals surface area contributed by atoms with E-state index < -0.39 is 0 Å². The Morgan fingerprint density at radius 2 is 1.28 bits per heavy atom. The molecule has 1 aliphatic heterocycles. The quantitative estimate of drug-likeness (QED) is 0.279. The SMILES string of the molecule is CCc1c(-c2ccc(O)cc2)oc(-c2ccc(O)cc2)c1-c1ccc(OCCN2CCCCC2)cc1. The van der Waals surface area contributed by atoms with Crippen molar-refractivity contribution in [2.24, 2.45) is 0 Å². The number of aromatic hydroxyl groups is 2. The molecule has 0 aliphatic carbocycles. The normalized spacial score (nSPS) is 14.1. The van der Waals surface area contributed by atoms with Crippen molar-refractivity contribution in [2.45, 2.75) is 32.6 Å². The number of hydrogen-bond acceptors (Lipinski definition) is 5. The van der Waals surface area contributed by atoms with Crippen LogP contribution in [0.25, 0.3) is 33.8 Å². The standard InChI is InChI=1S/C31H33NO4/c1-2-28-29(22-10-16-27(17-11-22)35-21-20-32-18-4-3-5-19-32)31(24-8-14-26(34)15-9-24)36-30(28)23-6-12-25(33)13-7-23/h6-17,33-34H,2-5,18-21H2,1H3. The van der Waals surface area contributed by atoms with E-state index in [1.54, 1.807) is 24.3 Å². The molecule has 0 spiro atoms. The van der Waals surface area contributed by atoms with Crippen molar-refractivity contribution in [1.82, 2.24) is 4.90 Å². The first-order valence-corrected chi connectivity index (χ1v) is 12.8. The van der Waals surface area contributed by atoms with E-state index in [4.69, 9.17) is 9.15 Å². The average molecular weight is 484 g/mol. The van der Waals surface area contributed by atoms with Crippen LogP contribution in [0.2, 0.25) is 0 Å². The van der Waals surface area contributed by atoms with Crippen LogP contribution in [0.1, 0.15) is 31.7 Å². The molecule has 0 unspecified atom stereocenters. The molecule has 1 aromatic heterocycles. The average Bonchev–Trinajstić information content (AvgIpc) is 3.30. The summed E-state index contributed by atoms with van der Waals surface area (Å²) < 4.78 is 12.6. The van der Waals surface area contributed by atoms with Gasteiger partial charge < -0.3 is 19.4 Å². The van der Waals surface area contributed by atoms with Crippen molar-refractivity contribution in [3.8, 4) is 51.0 Å². The highest BCUT2D eigenvalue weighted by molar-refractivity contribution is 5.88. The molecule has 0 saturated carbocycles. The van der Waals surface area contributed by atoms with Gasteiger partial charge in [-0.2, -0.15) is 0 Å². The van der Waals surface area contributed by atoms with Crippen LogP contribution in [0.3, 0.4) is 0 Å². The summed E-state index contributed by atoms with van der Waals surface area (Å²) in [5, 5.41) is 19.6. The first kappa shape index (κ1) is 24.0. The smallest absolute Gasteiger partial charge is 0.142 e. The van der Waals surface area contributed by atoms with Gasteiger partial charge in [0.25, 0.3) is 0 Å². The van der Waals surface area contributed by atoms with E-state index in [-0.39, 0.29) is 11.5 Å². The number of phenols is 2. The van der Waals surface area contributed by atoms with Gasteiger partial charge in [0, 0.05) is 28.8 Å². The number of hydrogen-bond donors (Lipinski definition) is 2. The van der Waals surface area contributed by atoms with Crippen molar-refractivity contribution < 1.29 is 19.4 Å². The molecule has 0 bridgehead atoms. The van der Waals surface area contributed by atoms with E-state index >= 15 is 0 Å². The Bertz CT molecular complexity index is 1270. The number of benzene rings is 3. The lowest BCUT2D eigenvalue weighted by Gasteiger charge is -2.26. The summed E-state index contributed by atoms with van der Waals surface area (Å²) in [4.78, 5) is 2.48. The zero-order valence-corrected chi connectivity index (χ0v) is 20.7. The van der Waals surface area contributed by atoms with E-state index in [1.165, 1.54) is 32.4 Å². The van der Waals surface area contributed by atoms with Gasteiger partial charge in [-0.25, -0.2) is 0 Å². The second kappa shape index (κ2) is 10.9. The summed E-state index contributed by atoms with van der Waals surface area (Å²) >= 11 is 0. The Balaban J connectivity index is 1.46. The molecule has 0 amide bonds. The molecule has 1 aliphatic rings. The highest BCUT2D eigenvalue weighted by Crippen LogP contribution is 2.44. The van der Waals surface area contributed by atoms with Gasteiger partial charge in [0.15, 0.2) is 0 Å². The molecule has 0 radical (unpaired) electrons. The van der Waals surface area contributed by atoms with Gasteiger partial charge in [-0.3, -0.25) is 4.90 Å². The van der Waals surface area contributed by atoms with Crippen molar-refractivity contribution in [1.29, 1.82) is 0 Å². The van der Waals surface area contributed by atoms with Gasteiger partial charge in [-0.15, -0.1) is 0 Å². The van der Waals surface area contributed by atoms with Crippen molar-refractivity contribution in [3.05, 3.63) is 78.4 Å². The molecule has 2 N–H and O–H groups in total. The van der Waals surface area contributed by atoms with Gasteiger partial charge in [0.05, 0.1) is 0 Å². The third kappa shape index (κ3) is 5.26. The number of furan rings is 1. The Morgan fingerprint density at radius 3 is 1.86 bits per heavy atom. The topological polar surface area (TPSA) is 66.1 Å². The largest absolute Gasteiger partial charge is 0.508 e. The lowest BCUT2D eigenvalue weighted by molar-refractivity contribution is 0.183. The highest BCUT2D eigenvalue weighted by Gasteiger charge is 2.23. The lowest BCUT2D eigenvalue weighted by atomic mass is 9.94. The van der Waals surface area contributed by atoms with Gasteiger partial charge in [0.1, 0.15) is 35.4 Å². The van der Waals surface area contributed by atoms with E-state index in [0.717, 1.165) is 58.1 Å². The van der Waals surface area contributed by atoms with Gasteiger partial charge >= 0.3 is 0 Å². The predicted octanol–water partition coefficient (Wildman–Crippen LogP) is 7.12. The van der Waals surface area contributed by atoms with Gasteiger partial charge in [-0.1, -0.05) is 25.5 Å². The maximum atomic E-state index is 9.81. The second-order valence-electron chi connectivity index (χ2n) is 9.34. The van der Waals surface area contributed by atoms with Crippen LogP contribution >= 0.6 is 0 Å². The van der Waals surface area contributed by atoms with Gasteiger partial charge in [-0.05, 0) is 98.6 Å². The molecule has 5 nitrogen and oxygen atoms in total. The minimum absolute atomic E-state index is 0.215. The molecule has 36 heavy (non-hydrogen) atoms. The number of nitrogens with zero attached hydrogens (tertiary/aromatic N) is 1. The number of piperidine rings is 1. The van der Waals surface area contributed by atoms with Crippen LogP contribution in [0.15, 0.2) is 77.2 Å². The Kier molecular flexibility index (Phi) is 7.28. The van der Waals surface area contributed by atoms with Crippen LogP contribution in [0.4, 0.5) is 0 Å². The fourth-order valence-electron chi connectivity index (χ4n) is 4.96. The molecule has 5 heteroatoms. The Morgan fingerprint density at radius 1 is 0.722 bits per heavy atom. The van der Waals surface area contributed by atoms with Crippen LogP contribution < -0.4 is 4.74 Å². The molecule has 5 rings (SSSR count). The number of likely N-dealkylation sites (tertiary alicyclic amines) is 1.